The molecule has 0 radical (unpaired) electrons. The molecule has 1 saturated heterocycles. The van der Waals surface area contributed by atoms with Gasteiger partial charge < -0.3 is 19.5 Å². The Bertz CT molecular complexity index is 408. The van der Waals surface area contributed by atoms with E-state index in [0.717, 1.165) is 16.6 Å². The molecule has 2 unspecified atom stereocenters. The van der Waals surface area contributed by atoms with Crippen LogP contribution in [0.1, 0.15) is 5.56 Å². The Morgan fingerprint density at radius 2 is 2.32 bits per heavy atom. The van der Waals surface area contributed by atoms with E-state index in [4.69, 9.17) is 14.2 Å². The van der Waals surface area contributed by atoms with Crippen molar-refractivity contribution in [3.63, 3.8) is 0 Å². The Morgan fingerprint density at radius 1 is 1.47 bits per heavy atom. The zero-order valence-electron chi connectivity index (χ0n) is 11.3. The van der Waals surface area contributed by atoms with Crippen molar-refractivity contribution in [3.8, 4) is 5.75 Å². The summed E-state index contributed by atoms with van der Waals surface area (Å²) in [6, 6.07) is 6.40. The fraction of sp³-hybridized carbons (Fsp3) is 0.571. The first-order valence-electron chi connectivity index (χ1n) is 6.43. The van der Waals surface area contributed by atoms with E-state index >= 15 is 0 Å². The number of likely N-dealkylation sites (N-methyl/N-ethyl adjacent to an activating group) is 1. The van der Waals surface area contributed by atoms with Gasteiger partial charge in [0.15, 0.2) is 0 Å². The summed E-state index contributed by atoms with van der Waals surface area (Å²) >= 11 is 3.51. The van der Waals surface area contributed by atoms with E-state index in [0.29, 0.717) is 19.8 Å². The third-order valence-electron chi connectivity index (χ3n) is 3.33. The lowest BCUT2D eigenvalue weighted by molar-refractivity contribution is -0.100. The summed E-state index contributed by atoms with van der Waals surface area (Å²) < 4.78 is 17.4. The predicted octanol–water partition coefficient (Wildman–Crippen LogP) is 2.00. The molecule has 2 atom stereocenters. The van der Waals surface area contributed by atoms with Crippen LogP contribution in [0.15, 0.2) is 22.7 Å². The van der Waals surface area contributed by atoms with Crippen molar-refractivity contribution >= 4 is 15.9 Å². The SMILES string of the molecule is CNC(Cc1ccc(OC)c(Br)c1)C1COCCO1. The summed E-state index contributed by atoms with van der Waals surface area (Å²) in [5.74, 6) is 0.849. The van der Waals surface area contributed by atoms with Gasteiger partial charge in [-0.05, 0) is 47.1 Å². The number of hydrogen-bond donors (Lipinski definition) is 1. The second-order valence-electron chi connectivity index (χ2n) is 4.55. The molecule has 106 valence electrons. The summed E-state index contributed by atoms with van der Waals surface area (Å²) in [4.78, 5) is 0. The maximum absolute atomic E-state index is 5.75. The van der Waals surface area contributed by atoms with Gasteiger partial charge in [0.1, 0.15) is 5.75 Å². The summed E-state index contributed by atoms with van der Waals surface area (Å²) in [5, 5.41) is 3.32. The second kappa shape index (κ2) is 7.24. The van der Waals surface area contributed by atoms with E-state index in [9.17, 15) is 0 Å². The second-order valence-corrected chi connectivity index (χ2v) is 5.41. The number of ether oxygens (including phenoxy) is 3. The first-order chi connectivity index (χ1) is 9.24. The van der Waals surface area contributed by atoms with Crippen LogP contribution >= 0.6 is 15.9 Å². The highest BCUT2D eigenvalue weighted by Gasteiger charge is 2.24. The van der Waals surface area contributed by atoms with Crippen LogP contribution in [-0.4, -0.2) is 46.1 Å². The van der Waals surface area contributed by atoms with Gasteiger partial charge >= 0.3 is 0 Å². The van der Waals surface area contributed by atoms with Crippen LogP contribution in [0.5, 0.6) is 5.75 Å². The molecule has 0 aliphatic carbocycles. The van der Waals surface area contributed by atoms with Gasteiger partial charge in [-0.2, -0.15) is 0 Å². The van der Waals surface area contributed by atoms with Crippen LogP contribution in [0, 0.1) is 0 Å². The minimum atomic E-state index is 0.111. The molecule has 0 spiro atoms. The Balaban J connectivity index is 2.03. The smallest absolute Gasteiger partial charge is 0.133 e. The Morgan fingerprint density at radius 3 is 2.89 bits per heavy atom. The molecule has 2 rings (SSSR count). The number of hydrogen-bond acceptors (Lipinski definition) is 4. The molecule has 1 heterocycles. The Labute approximate surface area is 122 Å². The number of benzene rings is 1. The van der Waals surface area contributed by atoms with Crippen molar-refractivity contribution in [3.05, 3.63) is 28.2 Å². The van der Waals surface area contributed by atoms with Crippen LogP contribution in [0.4, 0.5) is 0 Å². The molecule has 1 aromatic carbocycles. The first kappa shape index (κ1) is 14.8. The lowest BCUT2D eigenvalue weighted by atomic mass is 10.0. The highest BCUT2D eigenvalue weighted by molar-refractivity contribution is 9.10. The Hall–Kier alpha value is -0.620. The standard InChI is InChI=1S/C14H20BrNO3/c1-16-12(14-9-18-5-6-19-14)8-10-3-4-13(17-2)11(15)7-10/h3-4,7,12,14,16H,5-6,8-9H2,1-2H3. The topological polar surface area (TPSA) is 39.7 Å². The van der Waals surface area contributed by atoms with Gasteiger partial charge in [-0.3, -0.25) is 0 Å². The zero-order valence-corrected chi connectivity index (χ0v) is 12.9. The lowest BCUT2D eigenvalue weighted by Gasteiger charge is -2.30. The molecule has 0 bridgehead atoms. The van der Waals surface area contributed by atoms with Gasteiger partial charge in [0.25, 0.3) is 0 Å². The molecule has 0 amide bonds. The average Bonchev–Trinajstić information content (AvgIpc) is 2.46. The van der Waals surface area contributed by atoms with Crippen LogP contribution in [0.25, 0.3) is 0 Å². The largest absolute Gasteiger partial charge is 0.496 e. The number of rotatable bonds is 5. The maximum atomic E-state index is 5.75. The Kier molecular flexibility index (Phi) is 5.63. The first-order valence-corrected chi connectivity index (χ1v) is 7.23. The van der Waals surface area contributed by atoms with E-state index in [2.05, 4.69) is 33.4 Å². The third kappa shape index (κ3) is 3.92. The van der Waals surface area contributed by atoms with E-state index in [1.54, 1.807) is 7.11 Å². The minimum absolute atomic E-state index is 0.111. The van der Waals surface area contributed by atoms with Crippen molar-refractivity contribution in [1.82, 2.24) is 5.32 Å². The van der Waals surface area contributed by atoms with Gasteiger partial charge in [-0.25, -0.2) is 0 Å². The van der Waals surface area contributed by atoms with Gasteiger partial charge in [0.2, 0.25) is 0 Å². The highest BCUT2D eigenvalue weighted by Crippen LogP contribution is 2.26. The van der Waals surface area contributed by atoms with Crippen molar-refractivity contribution in [2.24, 2.45) is 0 Å². The van der Waals surface area contributed by atoms with Gasteiger partial charge in [0.05, 0.1) is 37.5 Å². The molecule has 1 aliphatic rings. The fourth-order valence-corrected chi connectivity index (χ4v) is 2.84. The molecular formula is C14H20BrNO3. The quantitative estimate of drug-likeness (QED) is 0.897. The third-order valence-corrected chi connectivity index (χ3v) is 3.95. The lowest BCUT2D eigenvalue weighted by Crippen LogP contribution is -2.46. The number of halogens is 1. The van der Waals surface area contributed by atoms with Crippen molar-refractivity contribution < 1.29 is 14.2 Å². The monoisotopic (exact) mass is 329 g/mol. The average molecular weight is 330 g/mol. The normalized spacial score (nSPS) is 21.1. The van der Waals surface area contributed by atoms with Gasteiger partial charge in [-0.15, -0.1) is 0 Å². The molecule has 1 N–H and O–H groups in total. The summed E-state index contributed by atoms with van der Waals surface area (Å²) in [7, 11) is 3.63. The van der Waals surface area contributed by atoms with E-state index < -0.39 is 0 Å². The van der Waals surface area contributed by atoms with Gasteiger partial charge in [-0.1, -0.05) is 6.07 Å². The number of nitrogens with one attached hydrogen (secondary N) is 1. The van der Waals surface area contributed by atoms with Crippen LogP contribution < -0.4 is 10.1 Å². The molecule has 1 aromatic rings. The maximum Gasteiger partial charge on any atom is 0.133 e. The van der Waals surface area contributed by atoms with Crippen molar-refractivity contribution in [2.45, 2.75) is 18.6 Å². The molecule has 0 saturated carbocycles. The molecule has 19 heavy (non-hydrogen) atoms. The summed E-state index contributed by atoms with van der Waals surface area (Å²) in [6.45, 7) is 2.03. The van der Waals surface area contributed by atoms with E-state index in [-0.39, 0.29) is 12.1 Å². The predicted molar refractivity (Wildman–Crippen MR) is 77.8 cm³/mol. The van der Waals surface area contributed by atoms with E-state index in [1.807, 2.05) is 13.1 Å². The van der Waals surface area contributed by atoms with Crippen molar-refractivity contribution in [2.75, 3.05) is 34.0 Å². The zero-order chi connectivity index (χ0) is 13.7. The number of methoxy groups -OCH3 is 1. The summed E-state index contributed by atoms with van der Waals surface area (Å²) in [5.41, 5.74) is 1.24. The molecule has 1 fully saturated rings. The van der Waals surface area contributed by atoms with Crippen LogP contribution in [-0.2, 0) is 15.9 Å². The molecule has 0 aromatic heterocycles. The molecule has 5 heteroatoms. The highest BCUT2D eigenvalue weighted by atomic mass is 79.9. The van der Waals surface area contributed by atoms with Gasteiger partial charge in [0, 0.05) is 6.04 Å². The van der Waals surface area contributed by atoms with E-state index in [1.165, 1.54) is 5.56 Å². The van der Waals surface area contributed by atoms with Crippen molar-refractivity contribution in [1.29, 1.82) is 0 Å². The summed E-state index contributed by atoms with van der Waals surface area (Å²) in [6.07, 6.45) is 1.01. The fourth-order valence-electron chi connectivity index (χ4n) is 2.25. The molecular weight excluding hydrogens is 310 g/mol. The van der Waals surface area contributed by atoms with Crippen LogP contribution in [0.3, 0.4) is 0 Å². The molecule has 1 aliphatic heterocycles. The minimum Gasteiger partial charge on any atom is -0.496 e. The van der Waals surface area contributed by atoms with Crippen LogP contribution in [0.2, 0.25) is 0 Å². The molecule has 4 nitrogen and oxygen atoms in total.